The summed E-state index contributed by atoms with van der Waals surface area (Å²) < 4.78 is 12.1. The third-order valence-electron chi connectivity index (χ3n) is 3.49. The molecule has 1 heterocycles. The van der Waals surface area contributed by atoms with Gasteiger partial charge in [-0.05, 0) is 45.3 Å². The Labute approximate surface area is 131 Å². The van der Waals surface area contributed by atoms with E-state index >= 15 is 0 Å². The molecule has 2 nitrogen and oxygen atoms in total. The first-order valence-corrected chi connectivity index (χ1v) is 7.64. The maximum Gasteiger partial charge on any atom is 0.133 e. The van der Waals surface area contributed by atoms with E-state index in [0.29, 0.717) is 0 Å². The molecule has 0 radical (unpaired) electrons. The van der Waals surface area contributed by atoms with Crippen LogP contribution in [0.15, 0.2) is 46.9 Å². The summed E-state index contributed by atoms with van der Waals surface area (Å²) in [4.78, 5) is 0. The molecule has 104 valence electrons. The zero-order valence-corrected chi connectivity index (χ0v) is 13.3. The molecule has 3 rings (SSSR count). The van der Waals surface area contributed by atoms with Crippen LogP contribution in [0.3, 0.4) is 0 Å². The first-order chi connectivity index (χ1) is 9.69. The third-order valence-corrected chi connectivity index (χ3v) is 4.65. The molecule has 1 aliphatic rings. The Bertz CT molecular complexity index is 605. The van der Waals surface area contributed by atoms with Crippen molar-refractivity contribution >= 4 is 27.5 Å². The molecule has 0 aromatic heterocycles. The van der Waals surface area contributed by atoms with Crippen LogP contribution >= 0.6 is 27.5 Å². The summed E-state index contributed by atoms with van der Waals surface area (Å²) >= 11 is 10.1. The lowest BCUT2D eigenvalue weighted by atomic mass is 10.0. The molecule has 2 aromatic carbocycles. The van der Waals surface area contributed by atoms with Crippen LogP contribution in [-0.2, 0) is 6.42 Å². The molecule has 0 spiro atoms. The molecule has 4 heteroatoms. The predicted octanol–water partition coefficient (Wildman–Crippen LogP) is 4.74. The Kier molecular flexibility index (Phi) is 3.90. The van der Waals surface area contributed by atoms with E-state index < -0.39 is 0 Å². The monoisotopic (exact) mass is 352 g/mol. The van der Waals surface area contributed by atoms with E-state index in [1.807, 2.05) is 36.4 Å². The van der Waals surface area contributed by atoms with E-state index in [4.69, 9.17) is 21.1 Å². The summed E-state index contributed by atoms with van der Waals surface area (Å²) in [6.45, 7) is 0. The van der Waals surface area contributed by atoms with Crippen LogP contribution in [0.4, 0.5) is 0 Å². The number of benzene rings is 2. The van der Waals surface area contributed by atoms with Gasteiger partial charge >= 0.3 is 0 Å². The van der Waals surface area contributed by atoms with E-state index in [1.165, 1.54) is 5.56 Å². The first kappa shape index (κ1) is 13.8. The topological polar surface area (TPSA) is 18.5 Å². The molecule has 0 fully saturated rings. The molecule has 2 unspecified atom stereocenters. The number of alkyl halides is 1. The van der Waals surface area contributed by atoms with Gasteiger partial charge in [-0.25, -0.2) is 0 Å². The number of rotatable bonds is 3. The third kappa shape index (κ3) is 2.52. The molecular formula is C16H14BrClO2. The highest BCUT2D eigenvalue weighted by atomic mass is 79.9. The minimum atomic E-state index is -0.190. The summed E-state index contributed by atoms with van der Waals surface area (Å²) in [6, 6.07) is 14.0. The standard InChI is InChI=1S/C16H14BrClO2/c1-19-14-7-6-11(8-12(14)17)16(18)15-9-10-4-2-3-5-13(10)20-15/h2-8,15-16H,9H2,1H3. The van der Waals surface area contributed by atoms with Crippen molar-refractivity contribution in [3.05, 3.63) is 58.1 Å². The van der Waals surface area contributed by atoms with E-state index in [2.05, 4.69) is 22.0 Å². The van der Waals surface area contributed by atoms with Crippen LogP contribution in [0.1, 0.15) is 16.5 Å². The van der Waals surface area contributed by atoms with Crippen LogP contribution in [-0.4, -0.2) is 13.2 Å². The molecule has 0 bridgehead atoms. The van der Waals surface area contributed by atoms with Crippen molar-refractivity contribution in [1.29, 1.82) is 0 Å². The highest BCUT2D eigenvalue weighted by molar-refractivity contribution is 9.10. The molecule has 0 saturated heterocycles. The lowest BCUT2D eigenvalue weighted by molar-refractivity contribution is 0.227. The fourth-order valence-electron chi connectivity index (χ4n) is 2.44. The van der Waals surface area contributed by atoms with Crippen molar-refractivity contribution < 1.29 is 9.47 Å². The highest BCUT2D eigenvalue weighted by Gasteiger charge is 2.30. The van der Waals surface area contributed by atoms with Gasteiger partial charge in [-0.2, -0.15) is 0 Å². The maximum absolute atomic E-state index is 6.58. The van der Waals surface area contributed by atoms with Gasteiger partial charge in [-0.1, -0.05) is 24.3 Å². The van der Waals surface area contributed by atoms with E-state index in [0.717, 1.165) is 28.0 Å². The molecule has 1 aliphatic heterocycles. The molecule has 0 aliphatic carbocycles. The Morgan fingerprint density at radius 1 is 1.30 bits per heavy atom. The van der Waals surface area contributed by atoms with Crippen molar-refractivity contribution in [1.82, 2.24) is 0 Å². The lowest BCUT2D eigenvalue weighted by Gasteiger charge is -2.18. The average molecular weight is 354 g/mol. The van der Waals surface area contributed by atoms with Crippen LogP contribution < -0.4 is 9.47 Å². The van der Waals surface area contributed by atoms with Gasteiger partial charge in [0.2, 0.25) is 0 Å². The second-order valence-corrected chi connectivity index (χ2v) is 6.09. The number of ether oxygens (including phenoxy) is 2. The second-order valence-electron chi connectivity index (χ2n) is 4.76. The second kappa shape index (κ2) is 5.66. The van der Waals surface area contributed by atoms with Gasteiger partial charge in [0.1, 0.15) is 17.6 Å². The van der Waals surface area contributed by atoms with Crippen LogP contribution in [0.2, 0.25) is 0 Å². The molecule has 2 aromatic rings. The minimum Gasteiger partial charge on any atom is -0.496 e. The van der Waals surface area contributed by atoms with Gasteiger partial charge in [-0.15, -0.1) is 11.6 Å². The van der Waals surface area contributed by atoms with Crippen LogP contribution in [0.25, 0.3) is 0 Å². The minimum absolute atomic E-state index is 0.0330. The number of halogens is 2. The average Bonchev–Trinajstić information content (AvgIpc) is 2.90. The summed E-state index contributed by atoms with van der Waals surface area (Å²) in [7, 11) is 1.65. The van der Waals surface area contributed by atoms with Gasteiger partial charge in [0.25, 0.3) is 0 Å². The van der Waals surface area contributed by atoms with Crippen molar-refractivity contribution in [2.45, 2.75) is 17.9 Å². The molecule has 0 amide bonds. The van der Waals surface area contributed by atoms with Gasteiger partial charge in [0, 0.05) is 6.42 Å². The van der Waals surface area contributed by atoms with Crippen molar-refractivity contribution in [3.63, 3.8) is 0 Å². The van der Waals surface area contributed by atoms with E-state index in [1.54, 1.807) is 7.11 Å². The van der Waals surface area contributed by atoms with E-state index in [9.17, 15) is 0 Å². The first-order valence-electron chi connectivity index (χ1n) is 6.41. The number of fused-ring (bicyclic) bond motifs is 1. The molecule has 0 N–H and O–H groups in total. The summed E-state index contributed by atoms with van der Waals surface area (Å²) in [6.07, 6.45) is 0.808. The number of methoxy groups -OCH3 is 1. The number of para-hydroxylation sites is 1. The smallest absolute Gasteiger partial charge is 0.133 e. The Hall–Kier alpha value is -1.19. The fraction of sp³-hybridized carbons (Fsp3) is 0.250. The van der Waals surface area contributed by atoms with Gasteiger partial charge in [0.05, 0.1) is 17.0 Å². The predicted molar refractivity (Wildman–Crippen MR) is 83.9 cm³/mol. The Morgan fingerprint density at radius 3 is 2.80 bits per heavy atom. The Balaban J connectivity index is 1.81. The van der Waals surface area contributed by atoms with Gasteiger partial charge in [-0.3, -0.25) is 0 Å². The highest BCUT2D eigenvalue weighted by Crippen LogP contribution is 2.38. The van der Waals surface area contributed by atoms with Crippen molar-refractivity contribution in [2.75, 3.05) is 7.11 Å². The zero-order valence-electron chi connectivity index (χ0n) is 11.0. The molecule has 0 saturated carbocycles. The number of hydrogen-bond donors (Lipinski definition) is 0. The summed E-state index contributed by atoms with van der Waals surface area (Å²) in [5, 5.41) is -0.190. The van der Waals surface area contributed by atoms with Crippen LogP contribution in [0.5, 0.6) is 11.5 Å². The maximum atomic E-state index is 6.58. The SMILES string of the molecule is COc1ccc(C(Cl)C2Cc3ccccc3O2)cc1Br. The quantitative estimate of drug-likeness (QED) is 0.742. The zero-order chi connectivity index (χ0) is 14.1. The molecular weight excluding hydrogens is 340 g/mol. The van der Waals surface area contributed by atoms with Crippen molar-refractivity contribution in [3.8, 4) is 11.5 Å². The summed E-state index contributed by atoms with van der Waals surface area (Å²) in [5.74, 6) is 1.74. The van der Waals surface area contributed by atoms with Gasteiger partial charge in [0.15, 0.2) is 0 Å². The van der Waals surface area contributed by atoms with Crippen molar-refractivity contribution in [2.24, 2.45) is 0 Å². The Morgan fingerprint density at radius 2 is 2.10 bits per heavy atom. The largest absolute Gasteiger partial charge is 0.496 e. The van der Waals surface area contributed by atoms with Crippen LogP contribution in [0, 0.1) is 0 Å². The summed E-state index contributed by atoms with van der Waals surface area (Å²) in [5.41, 5.74) is 2.24. The molecule has 20 heavy (non-hydrogen) atoms. The lowest BCUT2D eigenvalue weighted by Crippen LogP contribution is -2.19. The number of hydrogen-bond acceptors (Lipinski definition) is 2. The van der Waals surface area contributed by atoms with Gasteiger partial charge < -0.3 is 9.47 Å². The molecule has 2 atom stereocenters. The fourth-order valence-corrected chi connectivity index (χ4v) is 3.28. The normalized spacial score (nSPS) is 18.2. The van der Waals surface area contributed by atoms with E-state index in [-0.39, 0.29) is 11.5 Å².